The fraction of sp³-hybridized carbons (Fsp3) is 0.545. The van der Waals surface area contributed by atoms with Gasteiger partial charge in [-0.2, -0.15) is 0 Å². The number of hydrogen-bond acceptors (Lipinski definition) is 3. The Balaban J connectivity index is 1.63. The minimum absolute atomic E-state index is 0.287. The molecule has 0 N–H and O–H groups in total. The van der Waals surface area contributed by atoms with Crippen molar-refractivity contribution in [3.63, 3.8) is 0 Å². The molecule has 4 heteroatoms. The summed E-state index contributed by atoms with van der Waals surface area (Å²) in [5.74, 6) is 0.797. The largest absolute Gasteiger partial charge is 0.444 e. The van der Waals surface area contributed by atoms with Gasteiger partial charge in [-0.25, -0.2) is 14.3 Å². The van der Waals surface area contributed by atoms with E-state index in [9.17, 15) is 4.79 Å². The minimum Gasteiger partial charge on any atom is -0.444 e. The van der Waals surface area contributed by atoms with E-state index in [0.717, 1.165) is 24.2 Å². The van der Waals surface area contributed by atoms with Gasteiger partial charge in [-0.1, -0.05) is 88.6 Å². The standard InChI is InChI=1S/C22H32N2O2/c1-2-3-4-5-6-7-8-9-13-16-21-23-17-18-24(21)22(25)26-19-20-14-11-10-12-15-20/h10-12,14-15,17-18H,2-9,13,16,19H2,1H3. The molecule has 1 heterocycles. The van der Waals surface area contributed by atoms with E-state index in [-0.39, 0.29) is 12.7 Å². The Morgan fingerprint density at radius 1 is 0.962 bits per heavy atom. The fourth-order valence-corrected chi connectivity index (χ4v) is 3.07. The number of hydrogen-bond donors (Lipinski definition) is 0. The van der Waals surface area contributed by atoms with Crippen molar-refractivity contribution in [2.24, 2.45) is 0 Å². The molecule has 0 saturated carbocycles. The highest BCUT2D eigenvalue weighted by Crippen LogP contribution is 2.12. The Bertz CT molecular complexity index is 622. The first kappa shape index (κ1) is 20.2. The van der Waals surface area contributed by atoms with E-state index >= 15 is 0 Å². The van der Waals surface area contributed by atoms with Crippen molar-refractivity contribution < 1.29 is 9.53 Å². The lowest BCUT2D eigenvalue weighted by Gasteiger charge is -2.08. The van der Waals surface area contributed by atoms with Crippen LogP contribution in [0.5, 0.6) is 0 Å². The molecule has 1 aromatic heterocycles. The van der Waals surface area contributed by atoms with Gasteiger partial charge in [0, 0.05) is 18.8 Å². The first-order chi connectivity index (χ1) is 12.8. The first-order valence-corrected chi connectivity index (χ1v) is 10.0. The number of imidazole rings is 1. The van der Waals surface area contributed by atoms with Crippen LogP contribution in [0.3, 0.4) is 0 Å². The van der Waals surface area contributed by atoms with Crippen molar-refractivity contribution in [2.45, 2.75) is 77.7 Å². The molecule has 1 aromatic carbocycles. The molecule has 0 bridgehead atoms. The summed E-state index contributed by atoms with van der Waals surface area (Å²) >= 11 is 0. The number of aryl methyl sites for hydroxylation is 1. The van der Waals surface area contributed by atoms with E-state index in [1.807, 2.05) is 30.3 Å². The Morgan fingerprint density at radius 2 is 1.62 bits per heavy atom. The molecule has 0 spiro atoms. The summed E-state index contributed by atoms with van der Waals surface area (Å²) in [4.78, 5) is 16.6. The number of ether oxygens (including phenoxy) is 1. The van der Waals surface area contributed by atoms with Gasteiger partial charge in [-0.15, -0.1) is 0 Å². The summed E-state index contributed by atoms with van der Waals surface area (Å²) < 4.78 is 6.92. The van der Waals surface area contributed by atoms with Crippen LogP contribution in [0.15, 0.2) is 42.7 Å². The van der Waals surface area contributed by atoms with E-state index in [4.69, 9.17) is 4.74 Å². The van der Waals surface area contributed by atoms with Crippen LogP contribution in [0.25, 0.3) is 0 Å². The molecule has 0 radical (unpaired) electrons. The zero-order valence-electron chi connectivity index (χ0n) is 16.0. The predicted molar refractivity (Wildman–Crippen MR) is 105 cm³/mol. The number of unbranched alkanes of at least 4 members (excludes halogenated alkanes) is 8. The lowest BCUT2D eigenvalue weighted by molar-refractivity contribution is 0.140. The summed E-state index contributed by atoms with van der Waals surface area (Å²) in [7, 11) is 0. The van der Waals surface area contributed by atoms with Crippen molar-refractivity contribution in [2.75, 3.05) is 0 Å². The van der Waals surface area contributed by atoms with Crippen molar-refractivity contribution in [3.05, 3.63) is 54.1 Å². The summed E-state index contributed by atoms with van der Waals surface area (Å²) in [6.45, 7) is 2.54. The van der Waals surface area contributed by atoms with Gasteiger partial charge in [0.2, 0.25) is 0 Å². The van der Waals surface area contributed by atoms with Crippen LogP contribution in [0.2, 0.25) is 0 Å². The van der Waals surface area contributed by atoms with Gasteiger partial charge >= 0.3 is 6.09 Å². The van der Waals surface area contributed by atoms with Crippen molar-refractivity contribution in [1.29, 1.82) is 0 Å². The number of rotatable bonds is 12. The number of nitrogens with zero attached hydrogens (tertiary/aromatic N) is 2. The van der Waals surface area contributed by atoms with Crippen LogP contribution >= 0.6 is 0 Å². The topological polar surface area (TPSA) is 44.1 Å². The zero-order chi connectivity index (χ0) is 18.5. The average Bonchev–Trinajstić information content (AvgIpc) is 3.14. The van der Waals surface area contributed by atoms with Gasteiger partial charge in [0.25, 0.3) is 0 Å². The Labute approximate surface area is 157 Å². The van der Waals surface area contributed by atoms with Crippen LogP contribution in [0.4, 0.5) is 4.79 Å². The molecule has 0 aliphatic heterocycles. The molecule has 0 unspecified atom stereocenters. The predicted octanol–water partition coefficient (Wildman–Crippen LogP) is 6.14. The third-order valence-electron chi connectivity index (χ3n) is 4.62. The lowest BCUT2D eigenvalue weighted by Crippen LogP contribution is -2.16. The van der Waals surface area contributed by atoms with Crippen LogP contribution in [0.1, 0.15) is 76.1 Å². The number of carbonyl (C=O) groups excluding carboxylic acids is 1. The molecule has 0 amide bonds. The van der Waals surface area contributed by atoms with E-state index in [1.165, 1.54) is 55.9 Å². The molecule has 142 valence electrons. The van der Waals surface area contributed by atoms with Crippen molar-refractivity contribution in [3.8, 4) is 0 Å². The van der Waals surface area contributed by atoms with Crippen LogP contribution in [-0.4, -0.2) is 15.6 Å². The molecule has 26 heavy (non-hydrogen) atoms. The SMILES string of the molecule is CCCCCCCCCCCc1nccn1C(=O)OCc1ccccc1. The van der Waals surface area contributed by atoms with E-state index in [0.29, 0.717) is 0 Å². The summed E-state index contributed by atoms with van der Waals surface area (Å²) in [5.41, 5.74) is 0.987. The highest BCUT2D eigenvalue weighted by molar-refractivity contribution is 5.71. The second-order valence-electron chi connectivity index (χ2n) is 6.83. The number of aromatic nitrogens is 2. The zero-order valence-corrected chi connectivity index (χ0v) is 16.0. The van der Waals surface area contributed by atoms with Crippen LogP contribution < -0.4 is 0 Å². The minimum atomic E-state index is -0.350. The normalized spacial score (nSPS) is 10.8. The molecule has 4 nitrogen and oxygen atoms in total. The molecule has 0 aliphatic carbocycles. The summed E-state index contributed by atoms with van der Waals surface area (Å²) in [6.07, 6.45) is 15.4. The Hall–Kier alpha value is -2.10. The quantitative estimate of drug-likeness (QED) is 0.429. The number of benzene rings is 1. The first-order valence-electron chi connectivity index (χ1n) is 10.0. The molecule has 0 aliphatic rings. The Morgan fingerprint density at radius 3 is 2.31 bits per heavy atom. The third-order valence-corrected chi connectivity index (χ3v) is 4.62. The van der Waals surface area contributed by atoms with Gasteiger partial charge in [0.1, 0.15) is 12.4 Å². The molecular weight excluding hydrogens is 324 g/mol. The van der Waals surface area contributed by atoms with Gasteiger partial charge < -0.3 is 4.74 Å². The van der Waals surface area contributed by atoms with Crippen LogP contribution in [-0.2, 0) is 17.8 Å². The van der Waals surface area contributed by atoms with Gasteiger partial charge in [-0.05, 0) is 12.0 Å². The monoisotopic (exact) mass is 356 g/mol. The second kappa shape index (κ2) is 12.3. The third kappa shape index (κ3) is 7.42. The second-order valence-corrected chi connectivity index (χ2v) is 6.83. The molecule has 0 fully saturated rings. The van der Waals surface area contributed by atoms with Gasteiger partial charge in [-0.3, -0.25) is 0 Å². The molecule has 2 aromatic rings. The highest BCUT2D eigenvalue weighted by atomic mass is 16.5. The summed E-state index contributed by atoms with van der Waals surface area (Å²) in [5, 5.41) is 0. The summed E-state index contributed by atoms with van der Waals surface area (Å²) in [6, 6.07) is 9.73. The maximum absolute atomic E-state index is 12.3. The molecule has 0 atom stereocenters. The van der Waals surface area contributed by atoms with Gasteiger partial charge in [0.15, 0.2) is 0 Å². The van der Waals surface area contributed by atoms with E-state index in [1.54, 1.807) is 12.4 Å². The van der Waals surface area contributed by atoms with Crippen molar-refractivity contribution in [1.82, 2.24) is 9.55 Å². The maximum Gasteiger partial charge on any atom is 0.419 e. The maximum atomic E-state index is 12.3. The number of carbonyl (C=O) groups is 1. The Kier molecular flexibility index (Phi) is 9.55. The highest BCUT2D eigenvalue weighted by Gasteiger charge is 2.11. The van der Waals surface area contributed by atoms with E-state index < -0.39 is 0 Å². The molecule has 2 rings (SSSR count). The molecular formula is C22H32N2O2. The average molecular weight is 357 g/mol. The molecule has 0 saturated heterocycles. The lowest BCUT2D eigenvalue weighted by atomic mass is 10.1. The van der Waals surface area contributed by atoms with E-state index in [2.05, 4.69) is 11.9 Å². The van der Waals surface area contributed by atoms with Crippen molar-refractivity contribution >= 4 is 6.09 Å². The fourth-order valence-electron chi connectivity index (χ4n) is 3.07. The smallest absolute Gasteiger partial charge is 0.419 e. The van der Waals surface area contributed by atoms with Crippen LogP contribution in [0, 0.1) is 0 Å². The van der Waals surface area contributed by atoms with Gasteiger partial charge in [0.05, 0.1) is 0 Å².